The number of benzene rings is 1. The second-order valence-electron chi connectivity index (χ2n) is 5.27. The molecule has 9 heteroatoms. The lowest BCUT2D eigenvalue weighted by Gasteiger charge is -2.20. The minimum absolute atomic E-state index is 0.0412. The zero-order valence-corrected chi connectivity index (χ0v) is 14.2. The van der Waals surface area contributed by atoms with Gasteiger partial charge in [-0.3, -0.25) is 4.79 Å². The average molecular weight is 352 g/mol. The molecule has 0 bridgehead atoms. The second-order valence-corrected chi connectivity index (χ2v) is 5.27. The number of hydrogen-bond donors (Lipinski definition) is 1. The van der Waals surface area contributed by atoms with Crippen LogP contribution in [0.15, 0.2) is 23.3 Å². The molecule has 1 heterocycles. The number of rotatable bonds is 6. The lowest BCUT2D eigenvalue weighted by atomic mass is 10.2. The lowest BCUT2D eigenvalue weighted by Crippen LogP contribution is -2.33. The van der Waals surface area contributed by atoms with Crippen LogP contribution in [0.4, 0.5) is 4.79 Å². The molecule has 0 atom stereocenters. The summed E-state index contributed by atoms with van der Waals surface area (Å²) in [5.41, 5.74) is 3.03. The van der Waals surface area contributed by atoms with Crippen LogP contribution in [-0.2, 0) is 19.0 Å². The van der Waals surface area contributed by atoms with Gasteiger partial charge in [-0.1, -0.05) is 0 Å². The molecule has 136 valence electrons. The summed E-state index contributed by atoms with van der Waals surface area (Å²) in [5.74, 6) is -0.714. The van der Waals surface area contributed by atoms with Gasteiger partial charge < -0.3 is 23.7 Å². The first kappa shape index (κ1) is 18.7. The largest absolute Gasteiger partial charge is 0.513 e. The van der Waals surface area contributed by atoms with Crippen molar-refractivity contribution in [1.82, 2.24) is 5.43 Å². The van der Waals surface area contributed by atoms with Crippen LogP contribution in [0.5, 0.6) is 11.5 Å². The van der Waals surface area contributed by atoms with Crippen molar-refractivity contribution in [1.29, 1.82) is 0 Å². The van der Waals surface area contributed by atoms with E-state index in [1.54, 1.807) is 19.1 Å². The standard InChI is InChI=1S/C16H20N2O7/c1-16(23-6-7-24-16)9-14(19)18-17-10-11-4-5-12(13(8-11)21-2)25-15(20)22-3/h4-5,8,10H,6-7,9H2,1-3H3,(H,18,19)/b17-10-. The van der Waals surface area contributed by atoms with Gasteiger partial charge >= 0.3 is 6.16 Å². The molecule has 1 aliphatic heterocycles. The highest BCUT2D eigenvalue weighted by Gasteiger charge is 2.33. The van der Waals surface area contributed by atoms with Crippen molar-refractivity contribution in [2.45, 2.75) is 19.1 Å². The van der Waals surface area contributed by atoms with Gasteiger partial charge in [0.05, 0.1) is 40.1 Å². The summed E-state index contributed by atoms with van der Waals surface area (Å²) >= 11 is 0. The molecule has 0 aliphatic carbocycles. The van der Waals surface area contributed by atoms with E-state index in [-0.39, 0.29) is 18.1 Å². The lowest BCUT2D eigenvalue weighted by molar-refractivity contribution is -0.159. The summed E-state index contributed by atoms with van der Waals surface area (Å²) in [6, 6.07) is 4.76. The highest BCUT2D eigenvalue weighted by molar-refractivity contribution is 5.83. The zero-order chi connectivity index (χ0) is 18.3. The van der Waals surface area contributed by atoms with Crippen molar-refractivity contribution in [3.63, 3.8) is 0 Å². The molecule has 1 N–H and O–H groups in total. The molecule has 0 unspecified atom stereocenters. The molecule has 1 aromatic rings. The monoisotopic (exact) mass is 352 g/mol. The second kappa shape index (κ2) is 8.45. The molecule has 0 aromatic heterocycles. The molecular formula is C16H20N2O7. The number of hydrazone groups is 1. The summed E-state index contributed by atoms with van der Waals surface area (Å²) in [7, 11) is 2.64. The van der Waals surface area contributed by atoms with Crippen molar-refractivity contribution in [2.24, 2.45) is 5.10 Å². The predicted molar refractivity (Wildman–Crippen MR) is 86.7 cm³/mol. The third-order valence-electron chi connectivity index (χ3n) is 3.33. The molecule has 0 radical (unpaired) electrons. The van der Waals surface area contributed by atoms with Gasteiger partial charge in [0.2, 0.25) is 5.91 Å². The van der Waals surface area contributed by atoms with Gasteiger partial charge in [-0.25, -0.2) is 10.2 Å². The van der Waals surface area contributed by atoms with Crippen molar-refractivity contribution >= 4 is 18.3 Å². The van der Waals surface area contributed by atoms with Gasteiger partial charge in [0, 0.05) is 0 Å². The predicted octanol–water partition coefficient (Wildman–Crippen LogP) is 1.44. The number of nitrogens with zero attached hydrogens (tertiary/aromatic N) is 1. The van der Waals surface area contributed by atoms with Crippen molar-refractivity contribution in [3.8, 4) is 11.5 Å². The fourth-order valence-electron chi connectivity index (χ4n) is 2.15. The molecule has 25 heavy (non-hydrogen) atoms. The van der Waals surface area contributed by atoms with Crippen molar-refractivity contribution in [2.75, 3.05) is 27.4 Å². The Labute approximate surface area is 144 Å². The molecule has 9 nitrogen and oxygen atoms in total. The number of hydrogen-bond acceptors (Lipinski definition) is 8. The van der Waals surface area contributed by atoms with E-state index < -0.39 is 11.9 Å². The van der Waals surface area contributed by atoms with E-state index >= 15 is 0 Å². The van der Waals surface area contributed by atoms with E-state index in [2.05, 4.69) is 15.3 Å². The molecule has 1 amide bonds. The minimum atomic E-state index is -0.907. The number of carbonyl (C=O) groups is 2. The van der Waals surface area contributed by atoms with Crippen LogP contribution in [0.2, 0.25) is 0 Å². The Balaban J connectivity index is 1.93. The Morgan fingerprint density at radius 2 is 2.00 bits per heavy atom. The first-order valence-electron chi connectivity index (χ1n) is 7.49. The number of amides is 1. The Hall–Kier alpha value is -2.65. The molecule has 0 spiro atoms. The van der Waals surface area contributed by atoms with Crippen LogP contribution < -0.4 is 14.9 Å². The van der Waals surface area contributed by atoms with E-state index in [1.165, 1.54) is 26.5 Å². The zero-order valence-electron chi connectivity index (χ0n) is 14.2. The Morgan fingerprint density at radius 3 is 2.64 bits per heavy atom. The summed E-state index contributed by atoms with van der Waals surface area (Å²) in [6.07, 6.45) is 0.623. The molecule has 1 aliphatic rings. The molecule has 1 aromatic carbocycles. The normalized spacial score (nSPS) is 15.8. The summed E-state index contributed by atoms with van der Waals surface area (Å²) < 4.78 is 25.2. The Morgan fingerprint density at radius 1 is 1.28 bits per heavy atom. The first-order chi connectivity index (χ1) is 12.0. The summed E-state index contributed by atoms with van der Waals surface area (Å²) in [4.78, 5) is 23.0. The van der Waals surface area contributed by atoms with Crippen LogP contribution in [0.1, 0.15) is 18.9 Å². The number of nitrogens with one attached hydrogen (secondary N) is 1. The van der Waals surface area contributed by atoms with E-state index in [4.69, 9.17) is 18.9 Å². The molecule has 1 saturated heterocycles. The van der Waals surface area contributed by atoms with Crippen LogP contribution in [0.3, 0.4) is 0 Å². The Kier molecular flexibility index (Phi) is 6.31. The van der Waals surface area contributed by atoms with Gasteiger partial charge in [0.15, 0.2) is 17.3 Å². The fourth-order valence-corrected chi connectivity index (χ4v) is 2.15. The smallest absolute Gasteiger partial charge is 0.493 e. The molecule has 2 rings (SSSR count). The van der Waals surface area contributed by atoms with Crippen LogP contribution in [-0.4, -0.2) is 51.5 Å². The number of methoxy groups -OCH3 is 2. The van der Waals surface area contributed by atoms with Gasteiger partial charge in [0.1, 0.15) is 0 Å². The maximum absolute atomic E-state index is 11.8. The van der Waals surface area contributed by atoms with Gasteiger partial charge in [-0.2, -0.15) is 5.10 Å². The first-order valence-corrected chi connectivity index (χ1v) is 7.49. The number of ether oxygens (including phenoxy) is 5. The van der Waals surface area contributed by atoms with E-state index in [0.29, 0.717) is 24.5 Å². The summed E-state index contributed by atoms with van der Waals surface area (Å²) in [6.45, 7) is 2.63. The maximum atomic E-state index is 11.8. The molecular weight excluding hydrogens is 332 g/mol. The van der Waals surface area contributed by atoms with Gasteiger partial charge in [0.25, 0.3) is 0 Å². The topological polar surface area (TPSA) is 105 Å². The van der Waals surface area contributed by atoms with Crippen LogP contribution in [0, 0.1) is 0 Å². The minimum Gasteiger partial charge on any atom is -0.493 e. The SMILES string of the molecule is COC(=O)Oc1ccc(/C=N\NC(=O)CC2(C)OCCO2)cc1OC. The highest BCUT2D eigenvalue weighted by atomic mass is 16.7. The third-order valence-corrected chi connectivity index (χ3v) is 3.33. The van der Waals surface area contributed by atoms with Gasteiger partial charge in [-0.15, -0.1) is 0 Å². The number of carbonyl (C=O) groups excluding carboxylic acids is 2. The highest BCUT2D eigenvalue weighted by Crippen LogP contribution is 2.28. The Bertz CT molecular complexity index is 654. The van der Waals surface area contributed by atoms with Crippen molar-refractivity contribution in [3.05, 3.63) is 23.8 Å². The van der Waals surface area contributed by atoms with Gasteiger partial charge in [-0.05, 0) is 30.7 Å². The third kappa shape index (κ3) is 5.44. The van der Waals surface area contributed by atoms with Crippen LogP contribution in [0.25, 0.3) is 0 Å². The van der Waals surface area contributed by atoms with Crippen molar-refractivity contribution < 1.29 is 33.3 Å². The van der Waals surface area contributed by atoms with E-state index in [0.717, 1.165) is 0 Å². The maximum Gasteiger partial charge on any atom is 0.513 e. The molecule has 0 saturated carbocycles. The van der Waals surface area contributed by atoms with E-state index in [9.17, 15) is 9.59 Å². The summed E-state index contributed by atoms with van der Waals surface area (Å²) in [5, 5.41) is 3.87. The van der Waals surface area contributed by atoms with Crippen LogP contribution >= 0.6 is 0 Å². The quantitative estimate of drug-likeness (QED) is 0.357. The average Bonchev–Trinajstić information content (AvgIpc) is 3.01. The molecule has 1 fully saturated rings. The van der Waals surface area contributed by atoms with E-state index in [1.807, 2.05) is 0 Å². The fraction of sp³-hybridized carbons (Fsp3) is 0.438.